The van der Waals surface area contributed by atoms with Crippen LogP contribution in [-0.4, -0.2) is 28.9 Å². The van der Waals surface area contributed by atoms with Gasteiger partial charge in [-0.15, -0.1) is 11.3 Å². The molecule has 0 saturated carbocycles. The summed E-state index contributed by atoms with van der Waals surface area (Å²) in [5, 5.41) is 2.70. The third-order valence-corrected chi connectivity index (χ3v) is 5.48. The fourth-order valence-corrected chi connectivity index (χ4v) is 4.09. The second kappa shape index (κ2) is 7.00. The van der Waals surface area contributed by atoms with E-state index in [2.05, 4.69) is 21.2 Å². The van der Waals surface area contributed by atoms with E-state index in [9.17, 15) is 9.59 Å². The van der Waals surface area contributed by atoms with E-state index in [-0.39, 0.29) is 10.7 Å². The van der Waals surface area contributed by atoms with Crippen LogP contribution in [0.25, 0.3) is 6.08 Å². The Morgan fingerprint density at radius 3 is 2.71 bits per heavy atom. The summed E-state index contributed by atoms with van der Waals surface area (Å²) in [6.45, 7) is 0. The first kappa shape index (κ1) is 17.1. The zero-order valence-corrected chi connectivity index (χ0v) is 15.9. The third kappa shape index (κ3) is 3.35. The van der Waals surface area contributed by atoms with Crippen molar-refractivity contribution >= 4 is 62.5 Å². The molecule has 0 radical (unpaired) electrons. The molecule has 8 heteroatoms. The molecule has 0 unspecified atom stereocenters. The maximum Gasteiger partial charge on any atom is 0.270 e. The Morgan fingerprint density at radius 2 is 2.12 bits per heavy atom. The first-order chi connectivity index (χ1) is 11.5. The molecule has 0 aromatic carbocycles. The van der Waals surface area contributed by atoms with E-state index in [1.807, 2.05) is 18.2 Å². The van der Waals surface area contributed by atoms with Crippen molar-refractivity contribution in [3.05, 3.63) is 50.0 Å². The highest BCUT2D eigenvalue weighted by Gasteiger charge is 2.35. The van der Waals surface area contributed by atoms with Crippen LogP contribution in [0.15, 0.2) is 45.1 Å². The summed E-state index contributed by atoms with van der Waals surface area (Å²) in [5.41, 5.74) is 0.810. The molecule has 0 atom stereocenters. The fourth-order valence-electron chi connectivity index (χ4n) is 2.43. The smallest absolute Gasteiger partial charge is 0.270 e. The Kier molecular flexibility index (Phi) is 4.98. The number of nitrogens with one attached hydrogen (secondary N) is 1. The third-order valence-electron chi connectivity index (χ3n) is 3.62. The average molecular weight is 425 g/mol. The SMILES string of the molecule is COC1=CC=C(N2C(=O)/C(=C/c3ccc(Br)s3)C(=O)NC2=S)CC1. The molecule has 0 bridgehead atoms. The number of thiocarbonyl (C=S) groups is 1. The fraction of sp³-hybridized carbons (Fsp3) is 0.188. The van der Waals surface area contributed by atoms with Crippen molar-refractivity contribution in [2.24, 2.45) is 0 Å². The van der Waals surface area contributed by atoms with Gasteiger partial charge in [0.05, 0.1) is 16.7 Å². The number of halogens is 1. The van der Waals surface area contributed by atoms with Crippen LogP contribution in [0, 0.1) is 0 Å². The van der Waals surface area contributed by atoms with Gasteiger partial charge < -0.3 is 4.74 Å². The summed E-state index contributed by atoms with van der Waals surface area (Å²) < 4.78 is 6.12. The lowest BCUT2D eigenvalue weighted by molar-refractivity contribution is -0.127. The monoisotopic (exact) mass is 424 g/mol. The lowest BCUT2D eigenvalue weighted by Crippen LogP contribution is -2.53. The zero-order valence-electron chi connectivity index (χ0n) is 12.7. The number of carbonyl (C=O) groups excluding carboxylic acids is 2. The van der Waals surface area contributed by atoms with Gasteiger partial charge in [-0.25, -0.2) is 0 Å². The van der Waals surface area contributed by atoms with Crippen molar-refractivity contribution in [1.29, 1.82) is 0 Å². The lowest BCUT2D eigenvalue weighted by atomic mass is 10.1. The molecular formula is C16H13BrN2O3S2. The Morgan fingerprint density at radius 1 is 1.33 bits per heavy atom. The van der Waals surface area contributed by atoms with Crippen molar-refractivity contribution in [2.45, 2.75) is 12.8 Å². The zero-order chi connectivity index (χ0) is 17.3. The van der Waals surface area contributed by atoms with E-state index >= 15 is 0 Å². The van der Waals surface area contributed by atoms with Crippen molar-refractivity contribution in [2.75, 3.05) is 7.11 Å². The molecule has 5 nitrogen and oxygen atoms in total. The molecule has 124 valence electrons. The molecule has 1 fully saturated rings. The number of nitrogens with zero attached hydrogens (tertiary/aromatic N) is 1. The molecule has 1 aromatic rings. The number of ether oxygens (including phenoxy) is 1. The Bertz CT molecular complexity index is 823. The summed E-state index contributed by atoms with van der Waals surface area (Å²) in [6.07, 6.45) is 6.48. The molecule has 1 saturated heterocycles. The van der Waals surface area contributed by atoms with Crippen LogP contribution in [0.5, 0.6) is 0 Å². The van der Waals surface area contributed by atoms with Gasteiger partial charge in [-0.3, -0.25) is 19.8 Å². The summed E-state index contributed by atoms with van der Waals surface area (Å²) >= 11 is 10.0. The number of hydrogen-bond acceptors (Lipinski definition) is 5. The van der Waals surface area contributed by atoms with Gasteiger partial charge in [0.25, 0.3) is 11.8 Å². The number of allylic oxidation sites excluding steroid dienone is 4. The topological polar surface area (TPSA) is 58.6 Å². The summed E-state index contributed by atoms with van der Waals surface area (Å²) in [4.78, 5) is 27.2. The number of rotatable bonds is 3. The standard InChI is InChI=1S/C16H13BrN2O3S2/c1-22-10-4-2-9(3-5-10)19-15(21)12(14(20)18-16(19)23)8-11-6-7-13(17)24-11/h2,4,6-8H,3,5H2,1H3,(H,18,20,23)/b12-8+. The van der Waals surface area contributed by atoms with Gasteiger partial charge in [0.15, 0.2) is 5.11 Å². The lowest BCUT2D eigenvalue weighted by Gasteiger charge is -2.31. The summed E-state index contributed by atoms with van der Waals surface area (Å²) in [7, 11) is 1.61. The highest BCUT2D eigenvalue weighted by molar-refractivity contribution is 9.11. The van der Waals surface area contributed by atoms with Crippen LogP contribution in [-0.2, 0) is 14.3 Å². The number of thiophene rings is 1. The van der Waals surface area contributed by atoms with Gasteiger partial charge in [-0.1, -0.05) is 0 Å². The molecule has 1 aromatic heterocycles. The largest absolute Gasteiger partial charge is 0.501 e. The molecule has 2 heterocycles. The maximum atomic E-state index is 12.8. The average Bonchev–Trinajstić information content (AvgIpc) is 2.97. The maximum absolute atomic E-state index is 12.8. The number of hydrogen-bond donors (Lipinski definition) is 1. The van der Waals surface area contributed by atoms with E-state index in [1.54, 1.807) is 19.3 Å². The minimum Gasteiger partial charge on any atom is -0.501 e. The molecule has 1 N–H and O–H groups in total. The predicted octanol–water partition coefficient (Wildman–Crippen LogP) is 3.35. The Labute approximate surface area is 156 Å². The van der Waals surface area contributed by atoms with Crippen LogP contribution in [0.4, 0.5) is 0 Å². The molecule has 3 rings (SSSR count). The van der Waals surface area contributed by atoms with E-state index < -0.39 is 11.8 Å². The van der Waals surface area contributed by atoms with Crippen LogP contribution < -0.4 is 5.32 Å². The number of amides is 2. The van der Waals surface area contributed by atoms with Crippen molar-refractivity contribution < 1.29 is 14.3 Å². The summed E-state index contributed by atoms with van der Waals surface area (Å²) in [5.74, 6) is -0.0403. The van der Waals surface area contributed by atoms with E-state index in [1.165, 1.54) is 16.2 Å². The molecule has 24 heavy (non-hydrogen) atoms. The van der Waals surface area contributed by atoms with Crippen LogP contribution >= 0.6 is 39.5 Å². The number of carbonyl (C=O) groups is 2. The van der Waals surface area contributed by atoms with Gasteiger partial charge in [0.1, 0.15) is 5.57 Å². The van der Waals surface area contributed by atoms with Crippen LogP contribution in [0.1, 0.15) is 17.7 Å². The predicted molar refractivity (Wildman–Crippen MR) is 100.0 cm³/mol. The second-order valence-electron chi connectivity index (χ2n) is 5.09. The van der Waals surface area contributed by atoms with Crippen LogP contribution in [0.2, 0.25) is 0 Å². The molecule has 2 amide bonds. The molecule has 2 aliphatic rings. The van der Waals surface area contributed by atoms with Gasteiger partial charge in [0.2, 0.25) is 0 Å². The second-order valence-corrected chi connectivity index (χ2v) is 7.98. The molecule has 1 aliphatic carbocycles. The normalized spacial score (nSPS) is 20.0. The Hall–Kier alpha value is -1.77. The van der Waals surface area contributed by atoms with E-state index in [0.29, 0.717) is 12.8 Å². The van der Waals surface area contributed by atoms with Crippen molar-refractivity contribution in [3.8, 4) is 0 Å². The van der Waals surface area contributed by atoms with Crippen molar-refractivity contribution in [3.63, 3.8) is 0 Å². The molecule has 1 aliphatic heterocycles. The van der Waals surface area contributed by atoms with Gasteiger partial charge in [0, 0.05) is 17.0 Å². The van der Waals surface area contributed by atoms with Crippen LogP contribution in [0.3, 0.4) is 0 Å². The van der Waals surface area contributed by atoms with E-state index in [4.69, 9.17) is 17.0 Å². The van der Waals surface area contributed by atoms with Gasteiger partial charge in [-0.05, 0) is 64.9 Å². The van der Waals surface area contributed by atoms with Crippen molar-refractivity contribution in [1.82, 2.24) is 10.2 Å². The van der Waals surface area contributed by atoms with Gasteiger partial charge >= 0.3 is 0 Å². The highest BCUT2D eigenvalue weighted by atomic mass is 79.9. The van der Waals surface area contributed by atoms with E-state index in [0.717, 1.165) is 20.1 Å². The molecular weight excluding hydrogens is 412 g/mol. The van der Waals surface area contributed by atoms with Gasteiger partial charge in [-0.2, -0.15) is 0 Å². The number of methoxy groups -OCH3 is 1. The molecule has 0 spiro atoms. The minimum absolute atomic E-state index is 0.0698. The minimum atomic E-state index is -0.477. The Balaban J connectivity index is 1.94. The summed E-state index contributed by atoms with van der Waals surface area (Å²) in [6, 6.07) is 3.71. The first-order valence-electron chi connectivity index (χ1n) is 7.10. The first-order valence-corrected chi connectivity index (χ1v) is 9.12. The quantitative estimate of drug-likeness (QED) is 0.459. The highest BCUT2D eigenvalue weighted by Crippen LogP contribution is 2.28.